The largest absolute Gasteiger partial charge is 0.315 e. The summed E-state index contributed by atoms with van der Waals surface area (Å²) in [5.41, 5.74) is 4.35. The van der Waals surface area contributed by atoms with Crippen LogP contribution < -0.4 is 10.9 Å². The van der Waals surface area contributed by atoms with Crippen molar-refractivity contribution in [2.75, 3.05) is 7.05 Å². The molecule has 22 heavy (non-hydrogen) atoms. The average Bonchev–Trinajstić information content (AvgIpc) is 2.52. The van der Waals surface area contributed by atoms with E-state index in [4.69, 9.17) is 0 Å². The van der Waals surface area contributed by atoms with E-state index >= 15 is 0 Å². The van der Waals surface area contributed by atoms with Crippen LogP contribution in [0.2, 0.25) is 0 Å². The molecule has 3 nitrogen and oxygen atoms in total. The minimum atomic E-state index is 0.113. The summed E-state index contributed by atoms with van der Waals surface area (Å²) in [5.74, 6) is 0.518. The average molecular weight is 298 g/mol. The molecule has 0 aliphatic rings. The standard InChI is InChI=1S/C19H26N2O/c1-5-12-21-18(11-10-17(13-20-4)19(21)22)16-8-6-15(7-9-16)14(2)3/h6-11,14,20H,5,12-13H2,1-4H3. The van der Waals surface area contributed by atoms with Crippen LogP contribution >= 0.6 is 0 Å². The molecule has 2 rings (SSSR count). The van der Waals surface area contributed by atoms with Crippen molar-refractivity contribution in [1.82, 2.24) is 9.88 Å². The van der Waals surface area contributed by atoms with Crippen molar-refractivity contribution in [3.05, 3.63) is 57.9 Å². The molecule has 0 atom stereocenters. The number of hydrogen-bond donors (Lipinski definition) is 1. The van der Waals surface area contributed by atoms with Gasteiger partial charge in [-0.15, -0.1) is 0 Å². The van der Waals surface area contributed by atoms with Crippen LogP contribution in [0, 0.1) is 0 Å². The molecular formula is C19H26N2O. The van der Waals surface area contributed by atoms with Gasteiger partial charge in [0.05, 0.1) is 5.69 Å². The summed E-state index contributed by atoms with van der Waals surface area (Å²) in [7, 11) is 1.86. The first-order valence-electron chi connectivity index (χ1n) is 8.06. The second kappa shape index (κ2) is 7.41. The van der Waals surface area contributed by atoms with E-state index in [9.17, 15) is 4.79 Å². The maximum absolute atomic E-state index is 12.6. The normalized spacial score (nSPS) is 11.1. The Morgan fingerprint density at radius 3 is 2.32 bits per heavy atom. The minimum absolute atomic E-state index is 0.113. The Hall–Kier alpha value is -1.87. The van der Waals surface area contributed by atoms with Crippen molar-refractivity contribution in [1.29, 1.82) is 0 Å². The topological polar surface area (TPSA) is 34.0 Å². The molecule has 0 fully saturated rings. The maximum atomic E-state index is 12.6. The number of hydrogen-bond acceptors (Lipinski definition) is 2. The molecule has 0 bridgehead atoms. The molecular weight excluding hydrogens is 272 g/mol. The Morgan fingerprint density at radius 2 is 1.77 bits per heavy atom. The lowest BCUT2D eigenvalue weighted by molar-refractivity contribution is 0.647. The zero-order valence-corrected chi connectivity index (χ0v) is 14.0. The number of pyridine rings is 1. The van der Waals surface area contributed by atoms with Crippen LogP contribution in [0.4, 0.5) is 0 Å². The van der Waals surface area contributed by atoms with E-state index in [1.54, 1.807) is 0 Å². The zero-order valence-electron chi connectivity index (χ0n) is 14.0. The summed E-state index contributed by atoms with van der Waals surface area (Å²) >= 11 is 0. The Kier molecular flexibility index (Phi) is 5.56. The second-order valence-corrected chi connectivity index (χ2v) is 6.01. The van der Waals surface area contributed by atoms with Gasteiger partial charge in [-0.05, 0) is 36.6 Å². The molecule has 0 saturated heterocycles. The fourth-order valence-corrected chi connectivity index (χ4v) is 2.68. The molecule has 1 aromatic carbocycles. The highest BCUT2D eigenvalue weighted by Crippen LogP contribution is 2.22. The molecule has 3 heteroatoms. The number of benzene rings is 1. The molecule has 118 valence electrons. The molecule has 1 aromatic heterocycles. The molecule has 2 aromatic rings. The number of nitrogens with zero attached hydrogens (tertiary/aromatic N) is 1. The highest BCUT2D eigenvalue weighted by molar-refractivity contribution is 5.60. The Labute approximate surface area is 133 Å². The number of aromatic nitrogens is 1. The van der Waals surface area contributed by atoms with Crippen molar-refractivity contribution in [3.8, 4) is 11.3 Å². The molecule has 0 radical (unpaired) electrons. The fourth-order valence-electron chi connectivity index (χ4n) is 2.68. The van der Waals surface area contributed by atoms with Crippen LogP contribution in [0.25, 0.3) is 11.3 Å². The first-order chi connectivity index (χ1) is 10.6. The van der Waals surface area contributed by atoms with Crippen molar-refractivity contribution in [3.63, 3.8) is 0 Å². The van der Waals surface area contributed by atoms with Gasteiger partial charge in [0.2, 0.25) is 0 Å². The highest BCUT2D eigenvalue weighted by Gasteiger charge is 2.10. The quantitative estimate of drug-likeness (QED) is 0.881. The van der Waals surface area contributed by atoms with E-state index in [1.165, 1.54) is 5.56 Å². The van der Waals surface area contributed by atoms with Gasteiger partial charge in [-0.2, -0.15) is 0 Å². The summed E-state index contributed by atoms with van der Waals surface area (Å²) in [5, 5.41) is 3.06. The van der Waals surface area contributed by atoms with Gasteiger partial charge in [0.1, 0.15) is 0 Å². The summed E-state index contributed by atoms with van der Waals surface area (Å²) in [6.07, 6.45) is 0.944. The maximum Gasteiger partial charge on any atom is 0.255 e. The predicted octanol–water partition coefficient (Wildman–Crippen LogP) is 3.77. The van der Waals surface area contributed by atoms with Gasteiger partial charge in [0.15, 0.2) is 0 Å². The fraction of sp³-hybridized carbons (Fsp3) is 0.421. The van der Waals surface area contributed by atoms with E-state index < -0.39 is 0 Å². The first kappa shape index (κ1) is 16.5. The zero-order chi connectivity index (χ0) is 16.1. The van der Waals surface area contributed by atoms with E-state index in [0.29, 0.717) is 12.5 Å². The number of rotatable bonds is 6. The van der Waals surface area contributed by atoms with Gasteiger partial charge >= 0.3 is 0 Å². The third kappa shape index (κ3) is 3.47. The third-order valence-corrected chi connectivity index (χ3v) is 3.94. The van der Waals surface area contributed by atoms with Crippen LogP contribution in [0.1, 0.15) is 44.2 Å². The molecule has 0 spiro atoms. The summed E-state index contributed by atoms with van der Waals surface area (Å²) in [6, 6.07) is 12.6. The van der Waals surface area contributed by atoms with Gasteiger partial charge in [0, 0.05) is 18.7 Å². The first-order valence-corrected chi connectivity index (χ1v) is 8.06. The SMILES string of the molecule is CCCn1c(-c2ccc(C(C)C)cc2)ccc(CNC)c1=O. The van der Waals surface area contributed by atoms with Crippen molar-refractivity contribution < 1.29 is 0 Å². The van der Waals surface area contributed by atoms with Crippen molar-refractivity contribution in [2.24, 2.45) is 0 Å². The molecule has 0 aliphatic carbocycles. The van der Waals surface area contributed by atoms with Crippen LogP contribution in [-0.4, -0.2) is 11.6 Å². The monoisotopic (exact) mass is 298 g/mol. The lowest BCUT2D eigenvalue weighted by Crippen LogP contribution is -2.27. The Bertz CT molecular complexity index is 669. The van der Waals surface area contributed by atoms with Crippen molar-refractivity contribution in [2.45, 2.75) is 46.2 Å². The van der Waals surface area contributed by atoms with E-state index in [0.717, 1.165) is 29.8 Å². The summed E-state index contributed by atoms with van der Waals surface area (Å²) < 4.78 is 1.90. The van der Waals surface area contributed by atoms with Crippen LogP contribution in [0.15, 0.2) is 41.2 Å². The van der Waals surface area contributed by atoms with Crippen LogP contribution in [0.3, 0.4) is 0 Å². The predicted molar refractivity (Wildman–Crippen MR) is 93.3 cm³/mol. The lowest BCUT2D eigenvalue weighted by Gasteiger charge is -2.15. The minimum Gasteiger partial charge on any atom is -0.315 e. The summed E-state index contributed by atoms with van der Waals surface area (Å²) in [4.78, 5) is 12.6. The Balaban J connectivity index is 2.49. The van der Waals surface area contributed by atoms with Gasteiger partial charge < -0.3 is 9.88 Å². The van der Waals surface area contributed by atoms with Crippen molar-refractivity contribution >= 4 is 0 Å². The highest BCUT2D eigenvalue weighted by atomic mass is 16.1. The van der Waals surface area contributed by atoms with Crippen LogP contribution in [-0.2, 0) is 13.1 Å². The van der Waals surface area contributed by atoms with Gasteiger partial charge in [-0.3, -0.25) is 4.79 Å². The molecule has 1 N–H and O–H groups in total. The second-order valence-electron chi connectivity index (χ2n) is 6.01. The van der Waals surface area contributed by atoms with Gasteiger partial charge in [0.25, 0.3) is 5.56 Å². The van der Waals surface area contributed by atoms with E-state index in [1.807, 2.05) is 17.7 Å². The lowest BCUT2D eigenvalue weighted by atomic mass is 10.0. The molecule has 0 amide bonds. The molecule has 0 unspecified atom stereocenters. The van der Waals surface area contributed by atoms with Gasteiger partial charge in [-0.25, -0.2) is 0 Å². The Morgan fingerprint density at radius 1 is 1.09 bits per heavy atom. The smallest absolute Gasteiger partial charge is 0.255 e. The van der Waals surface area contributed by atoms with E-state index in [2.05, 4.69) is 56.4 Å². The molecule has 0 saturated carbocycles. The van der Waals surface area contributed by atoms with Crippen LogP contribution in [0.5, 0.6) is 0 Å². The molecule has 1 heterocycles. The summed E-state index contributed by atoms with van der Waals surface area (Å²) in [6.45, 7) is 7.83. The molecule has 0 aliphatic heterocycles. The third-order valence-electron chi connectivity index (χ3n) is 3.94. The van der Waals surface area contributed by atoms with Gasteiger partial charge in [-0.1, -0.05) is 51.1 Å². The van der Waals surface area contributed by atoms with E-state index in [-0.39, 0.29) is 5.56 Å². The number of nitrogens with one attached hydrogen (secondary N) is 1.